The van der Waals surface area contributed by atoms with Crippen molar-refractivity contribution in [1.29, 1.82) is 0 Å². The zero-order valence-electron chi connectivity index (χ0n) is 15.4. The van der Waals surface area contributed by atoms with Crippen molar-refractivity contribution < 1.29 is 40.9 Å². The lowest BCUT2D eigenvalue weighted by Gasteiger charge is -2.33. The highest BCUT2D eigenvalue weighted by Gasteiger charge is 2.56. The molecular weight excluding hydrogens is 416 g/mol. The number of hydrogen-bond acceptors (Lipinski definition) is 4. The molecule has 2 aromatic carbocycles. The van der Waals surface area contributed by atoms with Crippen LogP contribution < -0.4 is 0 Å². The average molecular weight is 433 g/mol. The van der Waals surface area contributed by atoms with Gasteiger partial charge in [0, 0.05) is 0 Å². The molecule has 3 atom stereocenters. The summed E-state index contributed by atoms with van der Waals surface area (Å²) in [4.78, 5) is 1.66. The summed E-state index contributed by atoms with van der Waals surface area (Å²) in [5.41, 5.74) is -1.73. The molecule has 2 unspecified atom stereocenters. The van der Waals surface area contributed by atoms with Crippen molar-refractivity contribution in [3.8, 4) is 0 Å². The summed E-state index contributed by atoms with van der Waals surface area (Å²) in [6.45, 7) is -0.222. The van der Waals surface area contributed by atoms with Gasteiger partial charge in [-0.05, 0) is 35.4 Å². The second-order valence-corrected chi connectivity index (χ2v) is 7.36. The van der Waals surface area contributed by atoms with Gasteiger partial charge in [0.25, 0.3) is 0 Å². The largest absolute Gasteiger partial charge is 0.416 e. The molecule has 2 saturated heterocycles. The van der Waals surface area contributed by atoms with E-state index in [1.807, 2.05) is 0 Å². The first kappa shape index (κ1) is 21.1. The first-order chi connectivity index (χ1) is 14.0. The molecule has 10 heteroatoms. The maximum atomic E-state index is 12.9. The van der Waals surface area contributed by atoms with Crippen molar-refractivity contribution in [2.45, 2.75) is 30.3 Å². The minimum absolute atomic E-state index is 0.0618. The molecule has 0 aliphatic carbocycles. The van der Waals surface area contributed by atoms with Gasteiger partial charge < -0.3 is 14.6 Å². The highest BCUT2D eigenvalue weighted by Crippen LogP contribution is 2.49. The maximum Gasteiger partial charge on any atom is 0.416 e. The van der Waals surface area contributed by atoms with Crippen LogP contribution in [-0.4, -0.2) is 35.4 Å². The number of halogens is 6. The Morgan fingerprint density at radius 3 is 1.43 bits per heavy atom. The molecule has 2 fully saturated rings. The molecule has 4 rings (SSSR count). The molecule has 0 aromatic heterocycles. The van der Waals surface area contributed by atoms with Crippen LogP contribution >= 0.6 is 0 Å². The summed E-state index contributed by atoms with van der Waals surface area (Å²) in [5, 5.41) is 9.96. The van der Waals surface area contributed by atoms with E-state index in [2.05, 4.69) is 0 Å². The second kappa shape index (κ2) is 7.23. The Kier molecular flexibility index (Phi) is 5.08. The topological polar surface area (TPSA) is 41.9 Å². The fraction of sp³-hybridized carbons (Fsp3) is 0.400. The Morgan fingerprint density at radius 2 is 1.13 bits per heavy atom. The van der Waals surface area contributed by atoms with Gasteiger partial charge in [-0.2, -0.15) is 26.3 Å². The Labute approximate surface area is 167 Å². The summed E-state index contributed by atoms with van der Waals surface area (Å²) < 4.78 is 88.7. The molecule has 2 aromatic rings. The van der Waals surface area contributed by atoms with Gasteiger partial charge in [0.05, 0.1) is 36.5 Å². The summed E-state index contributed by atoms with van der Waals surface area (Å²) in [6, 6.07) is 8.85. The zero-order valence-corrected chi connectivity index (χ0v) is 15.4. The number of benzene rings is 2. The van der Waals surface area contributed by atoms with Crippen LogP contribution in [0.15, 0.2) is 48.5 Å². The molecule has 30 heavy (non-hydrogen) atoms. The van der Waals surface area contributed by atoms with Crippen molar-refractivity contribution in [2.24, 2.45) is 0 Å². The summed E-state index contributed by atoms with van der Waals surface area (Å²) in [5.74, 6) is 0. The highest BCUT2D eigenvalue weighted by molar-refractivity contribution is 5.30. The van der Waals surface area contributed by atoms with E-state index < -0.39 is 41.5 Å². The number of hydrogen-bond donors (Lipinski definition) is 1. The van der Waals surface area contributed by atoms with Gasteiger partial charge in [-0.15, -0.1) is 0 Å². The van der Waals surface area contributed by atoms with Crippen molar-refractivity contribution in [3.05, 3.63) is 70.8 Å². The SMILES string of the molecule is OCC12COC(c3ccc(C(F)(F)F)cc3)N1[C@@H](c1ccc(C(F)(F)F)cc1)OC2. The predicted molar refractivity (Wildman–Crippen MR) is 91.9 cm³/mol. The number of fused-ring (bicyclic) bond motifs is 1. The van der Waals surface area contributed by atoms with Crippen LogP contribution in [0, 0.1) is 0 Å². The van der Waals surface area contributed by atoms with Crippen LogP contribution in [-0.2, 0) is 21.8 Å². The lowest BCUT2D eigenvalue weighted by Crippen LogP contribution is -2.47. The van der Waals surface area contributed by atoms with Crippen molar-refractivity contribution in [2.75, 3.05) is 19.8 Å². The van der Waals surface area contributed by atoms with Gasteiger partial charge in [0.15, 0.2) is 0 Å². The molecule has 0 amide bonds. The van der Waals surface area contributed by atoms with Gasteiger partial charge in [0.1, 0.15) is 12.5 Å². The molecular formula is C20H17F6NO3. The lowest BCUT2D eigenvalue weighted by molar-refractivity contribution is -0.138. The Bertz CT molecular complexity index is 825. The lowest BCUT2D eigenvalue weighted by atomic mass is 10.0. The van der Waals surface area contributed by atoms with E-state index in [1.165, 1.54) is 24.3 Å². The van der Waals surface area contributed by atoms with Gasteiger partial charge in [-0.25, -0.2) is 4.90 Å². The third-order valence-corrected chi connectivity index (χ3v) is 5.41. The van der Waals surface area contributed by atoms with Crippen molar-refractivity contribution in [3.63, 3.8) is 0 Å². The molecule has 2 aliphatic heterocycles. The van der Waals surface area contributed by atoms with Crippen LogP contribution in [0.2, 0.25) is 0 Å². The van der Waals surface area contributed by atoms with E-state index in [9.17, 15) is 31.4 Å². The number of aliphatic hydroxyl groups excluding tert-OH is 1. The Balaban J connectivity index is 1.66. The first-order valence-corrected chi connectivity index (χ1v) is 9.02. The monoisotopic (exact) mass is 433 g/mol. The maximum absolute atomic E-state index is 12.9. The Morgan fingerprint density at radius 1 is 0.767 bits per heavy atom. The van der Waals surface area contributed by atoms with Crippen molar-refractivity contribution in [1.82, 2.24) is 4.90 Å². The fourth-order valence-electron chi connectivity index (χ4n) is 3.80. The molecule has 0 radical (unpaired) electrons. The molecule has 2 heterocycles. The van der Waals surface area contributed by atoms with Crippen LogP contribution in [0.4, 0.5) is 26.3 Å². The number of rotatable bonds is 3. The highest BCUT2D eigenvalue weighted by atomic mass is 19.4. The van der Waals surface area contributed by atoms with E-state index >= 15 is 0 Å². The molecule has 162 valence electrons. The Hall–Kier alpha value is -2.14. The number of aliphatic hydroxyl groups is 1. The fourth-order valence-corrected chi connectivity index (χ4v) is 3.80. The minimum Gasteiger partial charge on any atom is -0.394 e. The molecule has 2 aliphatic rings. The molecule has 1 N–H and O–H groups in total. The quantitative estimate of drug-likeness (QED) is 0.724. The molecule has 0 saturated carbocycles. The van der Waals surface area contributed by atoms with Gasteiger partial charge in [-0.1, -0.05) is 24.3 Å². The third-order valence-electron chi connectivity index (χ3n) is 5.41. The minimum atomic E-state index is -4.48. The first-order valence-electron chi connectivity index (χ1n) is 9.02. The predicted octanol–water partition coefficient (Wildman–Crippen LogP) is 4.52. The van der Waals surface area contributed by atoms with E-state index in [0.717, 1.165) is 24.3 Å². The smallest absolute Gasteiger partial charge is 0.394 e. The van der Waals surface area contributed by atoms with Crippen LogP contribution in [0.5, 0.6) is 0 Å². The summed E-state index contributed by atoms with van der Waals surface area (Å²) in [6.07, 6.45) is -10.6. The van der Waals surface area contributed by atoms with E-state index in [0.29, 0.717) is 11.1 Å². The van der Waals surface area contributed by atoms with Gasteiger partial charge in [0.2, 0.25) is 0 Å². The van der Waals surface area contributed by atoms with Gasteiger partial charge in [-0.3, -0.25) is 0 Å². The van der Waals surface area contributed by atoms with Crippen LogP contribution in [0.1, 0.15) is 34.7 Å². The average Bonchev–Trinajstić information content (AvgIpc) is 3.24. The normalized spacial score (nSPS) is 27.4. The number of alkyl halides is 6. The third kappa shape index (κ3) is 3.58. The summed E-state index contributed by atoms with van der Waals surface area (Å²) >= 11 is 0. The number of nitrogens with zero attached hydrogens (tertiary/aromatic N) is 1. The molecule has 0 bridgehead atoms. The number of ether oxygens (including phenoxy) is 2. The van der Waals surface area contributed by atoms with Crippen molar-refractivity contribution >= 4 is 0 Å². The van der Waals surface area contributed by atoms with E-state index in [-0.39, 0.29) is 19.8 Å². The van der Waals surface area contributed by atoms with E-state index in [4.69, 9.17) is 9.47 Å². The standard InChI is InChI=1S/C20H17F6NO3/c21-19(22,23)14-5-1-12(2-6-14)16-27-17(30-11-18(27,9-28)10-29-16)13-3-7-15(8-4-13)20(24,25)26/h1-8,16-17,28H,9-11H2/t16-,17?,18?/m1/s1. The van der Waals surface area contributed by atoms with E-state index in [1.54, 1.807) is 4.90 Å². The zero-order chi connectivity index (χ0) is 21.7. The second-order valence-electron chi connectivity index (χ2n) is 7.36. The van der Waals surface area contributed by atoms with Gasteiger partial charge >= 0.3 is 12.4 Å². The van der Waals surface area contributed by atoms with Crippen LogP contribution in [0.25, 0.3) is 0 Å². The molecule has 4 nitrogen and oxygen atoms in total. The summed E-state index contributed by atoms with van der Waals surface area (Å²) in [7, 11) is 0. The molecule has 0 spiro atoms. The van der Waals surface area contributed by atoms with Crippen LogP contribution in [0.3, 0.4) is 0 Å².